The average Bonchev–Trinajstić information content (AvgIpc) is 3.41. The topological polar surface area (TPSA) is 63.6 Å². The number of carbonyl (C=O) groups excluding carboxylic acids is 2. The van der Waals surface area contributed by atoms with Crippen LogP contribution in [-0.2, 0) is 17.9 Å². The van der Waals surface area contributed by atoms with Crippen LogP contribution in [0.3, 0.4) is 0 Å². The number of benzene rings is 1. The molecule has 0 spiro atoms. The van der Waals surface area contributed by atoms with Crippen molar-refractivity contribution < 1.29 is 23.1 Å². The summed E-state index contributed by atoms with van der Waals surface area (Å²) in [6.07, 6.45) is 0.0436. The van der Waals surface area contributed by atoms with Gasteiger partial charge in [0.25, 0.3) is 18.2 Å². The maximum atomic E-state index is 13.2. The zero-order valence-electron chi connectivity index (χ0n) is 18.4. The van der Waals surface area contributed by atoms with Gasteiger partial charge >= 0.3 is 0 Å². The van der Waals surface area contributed by atoms with E-state index in [0.717, 1.165) is 24.9 Å². The lowest BCUT2D eigenvalue weighted by molar-refractivity contribution is 0.0683. The third-order valence-corrected chi connectivity index (χ3v) is 6.49. The minimum atomic E-state index is -2.53. The molecular formula is C24H29F2N3O3. The number of halogens is 2. The number of likely N-dealkylation sites (tertiary alicyclic amines) is 1. The van der Waals surface area contributed by atoms with Crippen LogP contribution >= 0.6 is 0 Å². The third-order valence-electron chi connectivity index (χ3n) is 6.49. The molecule has 1 fully saturated rings. The zero-order valence-corrected chi connectivity index (χ0v) is 18.4. The monoisotopic (exact) mass is 445 g/mol. The van der Waals surface area contributed by atoms with Crippen molar-refractivity contribution in [2.75, 3.05) is 13.2 Å². The van der Waals surface area contributed by atoms with Gasteiger partial charge in [0.2, 0.25) is 0 Å². The van der Waals surface area contributed by atoms with E-state index in [1.165, 1.54) is 12.1 Å². The summed E-state index contributed by atoms with van der Waals surface area (Å²) in [4.78, 5) is 28.3. The van der Waals surface area contributed by atoms with Crippen molar-refractivity contribution in [3.63, 3.8) is 0 Å². The van der Waals surface area contributed by atoms with Gasteiger partial charge in [0.05, 0.1) is 30.5 Å². The van der Waals surface area contributed by atoms with Gasteiger partial charge in [-0.05, 0) is 37.8 Å². The first-order valence-electron chi connectivity index (χ1n) is 11.2. The van der Waals surface area contributed by atoms with Gasteiger partial charge in [-0.1, -0.05) is 31.2 Å². The first-order valence-corrected chi connectivity index (χ1v) is 11.2. The van der Waals surface area contributed by atoms with Gasteiger partial charge < -0.3 is 19.5 Å². The second-order valence-electron chi connectivity index (χ2n) is 8.49. The van der Waals surface area contributed by atoms with Crippen LogP contribution in [0.5, 0.6) is 0 Å². The molecule has 2 atom stereocenters. The number of carbonyl (C=O) groups is 2. The molecule has 6 nitrogen and oxygen atoms in total. The normalized spacial score (nSPS) is 19.2. The smallest absolute Gasteiger partial charge is 0.270 e. The van der Waals surface area contributed by atoms with Crippen molar-refractivity contribution in [3.8, 4) is 0 Å². The Labute approximate surface area is 186 Å². The molecule has 172 valence electrons. The van der Waals surface area contributed by atoms with Crippen molar-refractivity contribution >= 4 is 11.8 Å². The van der Waals surface area contributed by atoms with E-state index in [1.54, 1.807) is 18.2 Å². The molecular weight excluding hydrogens is 416 g/mol. The Morgan fingerprint density at radius 2 is 1.91 bits per heavy atom. The summed E-state index contributed by atoms with van der Waals surface area (Å²) in [6.45, 7) is 5.99. The summed E-state index contributed by atoms with van der Waals surface area (Å²) in [6, 6.07) is 7.56. The van der Waals surface area contributed by atoms with Gasteiger partial charge in [-0.25, -0.2) is 8.78 Å². The summed E-state index contributed by atoms with van der Waals surface area (Å²) < 4.78 is 33.2. The maximum Gasteiger partial charge on any atom is 0.270 e. The van der Waals surface area contributed by atoms with E-state index >= 15 is 0 Å². The van der Waals surface area contributed by atoms with E-state index < -0.39 is 6.43 Å². The van der Waals surface area contributed by atoms with Crippen molar-refractivity contribution in [2.45, 2.75) is 64.8 Å². The number of fused-ring (bicyclic) bond motifs is 1. The Bertz CT molecular complexity index is 987. The predicted molar refractivity (Wildman–Crippen MR) is 116 cm³/mol. The fraction of sp³-hybridized carbons (Fsp3) is 0.500. The second kappa shape index (κ2) is 9.40. The molecule has 1 N–H and O–H groups in total. The fourth-order valence-electron chi connectivity index (χ4n) is 4.61. The molecule has 2 unspecified atom stereocenters. The number of aromatic nitrogens is 1. The lowest BCUT2D eigenvalue weighted by atomic mass is 10.0. The molecule has 32 heavy (non-hydrogen) atoms. The van der Waals surface area contributed by atoms with Crippen LogP contribution in [0.1, 0.15) is 83.2 Å². The molecule has 4 rings (SSSR count). The Kier molecular flexibility index (Phi) is 6.60. The summed E-state index contributed by atoms with van der Waals surface area (Å²) in [7, 11) is 0. The van der Waals surface area contributed by atoms with Gasteiger partial charge in [0.15, 0.2) is 0 Å². The number of amides is 2. The maximum absolute atomic E-state index is 13.2. The molecule has 3 heterocycles. The Morgan fingerprint density at radius 1 is 1.19 bits per heavy atom. The molecule has 0 saturated carbocycles. The Morgan fingerprint density at radius 3 is 2.53 bits per heavy atom. The van der Waals surface area contributed by atoms with E-state index in [-0.39, 0.29) is 36.1 Å². The van der Waals surface area contributed by atoms with Crippen molar-refractivity contribution in [1.82, 2.24) is 14.8 Å². The number of hydrogen-bond acceptors (Lipinski definition) is 3. The quantitative estimate of drug-likeness (QED) is 0.714. The molecule has 0 aliphatic carbocycles. The molecule has 2 aliphatic heterocycles. The Hall–Kier alpha value is -2.74. The lowest BCUT2D eigenvalue weighted by Crippen LogP contribution is -2.35. The van der Waals surface area contributed by atoms with Gasteiger partial charge in [0.1, 0.15) is 5.69 Å². The standard InChI is InChI=1S/C24H29F2N3O3/c1-3-19(16-6-8-17(9-7-16)22(25)26)27-23(30)18-13-20(29-11-12-32-14-21(18)29)24(31)28-10-4-5-15(28)2/h6-9,13,15,19,22H,3-5,10-12,14H2,1-2H3,(H,27,30). The minimum absolute atomic E-state index is 0.0483. The van der Waals surface area contributed by atoms with Gasteiger partial charge in [-0.15, -0.1) is 0 Å². The van der Waals surface area contributed by atoms with Crippen LogP contribution in [0.25, 0.3) is 0 Å². The minimum Gasteiger partial charge on any atom is -0.373 e. The highest BCUT2D eigenvalue weighted by Crippen LogP contribution is 2.27. The zero-order chi connectivity index (χ0) is 22.8. The van der Waals surface area contributed by atoms with E-state index in [1.807, 2.05) is 23.3 Å². The van der Waals surface area contributed by atoms with Crippen LogP contribution in [0.15, 0.2) is 30.3 Å². The number of nitrogens with one attached hydrogen (secondary N) is 1. The first kappa shape index (κ1) is 22.5. The highest BCUT2D eigenvalue weighted by atomic mass is 19.3. The average molecular weight is 446 g/mol. The van der Waals surface area contributed by atoms with Gasteiger partial charge in [-0.2, -0.15) is 0 Å². The molecule has 0 bridgehead atoms. The van der Waals surface area contributed by atoms with Crippen LogP contribution in [0.2, 0.25) is 0 Å². The van der Waals surface area contributed by atoms with Gasteiger partial charge in [-0.3, -0.25) is 9.59 Å². The highest BCUT2D eigenvalue weighted by molar-refractivity contribution is 6.01. The van der Waals surface area contributed by atoms with E-state index in [2.05, 4.69) is 5.32 Å². The van der Waals surface area contributed by atoms with E-state index in [4.69, 9.17) is 4.74 Å². The van der Waals surface area contributed by atoms with Crippen LogP contribution in [0.4, 0.5) is 8.78 Å². The summed E-state index contributed by atoms with van der Waals surface area (Å²) >= 11 is 0. The van der Waals surface area contributed by atoms with Crippen molar-refractivity contribution in [3.05, 3.63) is 58.4 Å². The van der Waals surface area contributed by atoms with Gasteiger partial charge in [0, 0.05) is 24.7 Å². The number of rotatable bonds is 6. The molecule has 2 aliphatic rings. The van der Waals surface area contributed by atoms with Crippen LogP contribution < -0.4 is 5.32 Å². The van der Waals surface area contributed by atoms with Crippen LogP contribution in [0, 0.1) is 0 Å². The predicted octanol–water partition coefficient (Wildman–Crippen LogP) is 4.46. The second-order valence-corrected chi connectivity index (χ2v) is 8.49. The van der Waals surface area contributed by atoms with Crippen LogP contribution in [-0.4, -0.2) is 40.5 Å². The largest absolute Gasteiger partial charge is 0.373 e. The summed E-state index contributed by atoms with van der Waals surface area (Å²) in [5, 5.41) is 3.01. The summed E-state index contributed by atoms with van der Waals surface area (Å²) in [5.74, 6) is -0.343. The molecule has 0 radical (unpaired) electrons. The number of alkyl halides is 2. The first-order chi connectivity index (χ1) is 15.4. The Balaban J connectivity index is 1.59. The molecule has 1 aromatic carbocycles. The molecule has 2 aromatic rings. The summed E-state index contributed by atoms with van der Waals surface area (Å²) in [5.41, 5.74) is 2.37. The number of nitrogens with zero attached hydrogens (tertiary/aromatic N) is 2. The molecule has 1 saturated heterocycles. The third kappa shape index (κ3) is 4.28. The van der Waals surface area contributed by atoms with Crippen molar-refractivity contribution in [2.24, 2.45) is 0 Å². The van der Waals surface area contributed by atoms with E-state index in [0.29, 0.717) is 36.5 Å². The lowest BCUT2D eigenvalue weighted by Gasteiger charge is -2.24. The molecule has 1 aromatic heterocycles. The van der Waals surface area contributed by atoms with E-state index in [9.17, 15) is 18.4 Å². The highest BCUT2D eigenvalue weighted by Gasteiger charge is 2.32. The van der Waals surface area contributed by atoms with Crippen molar-refractivity contribution in [1.29, 1.82) is 0 Å². The number of ether oxygens (including phenoxy) is 1. The molecule has 8 heteroatoms. The SMILES string of the molecule is CCC(NC(=O)c1cc(C(=O)N2CCCC2C)n2c1COCC2)c1ccc(C(F)F)cc1. The molecule has 2 amide bonds. The number of hydrogen-bond donors (Lipinski definition) is 1. The fourth-order valence-corrected chi connectivity index (χ4v) is 4.61.